The van der Waals surface area contributed by atoms with Gasteiger partial charge in [-0.05, 0) is 61.4 Å². The van der Waals surface area contributed by atoms with E-state index < -0.39 is 8.07 Å². The third kappa shape index (κ3) is 4.63. The van der Waals surface area contributed by atoms with Crippen molar-refractivity contribution in [3.8, 4) is 23.0 Å². The first kappa shape index (κ1) is 31.6. The molecule has 252 valence electrons. The molecule has 0 amide bonds. The van der Waals surface area contributed by atoms with Gasteiger partial charge in [0, 0.05) is 15.3 Å². The van der Waals surface area contributed by atoms with Crippen molar-refractivity contribution in [2.45, 2.75) is 9.79 Å². The Kier molecular flexibility index (Phi) is 7.36. The maximum Gasteiger partial charge on any atom is 0.260 e. The number of para-hydroxylation sites is 2. The summed E-state index contributed by atoms with van der Waals surface area (Å²) in [4.78, 5) is 2.43. The normalized spacial score (nSPS) is 13.3. The minimum Gasteiger partial charge on any atom is -0.459 e. The van der Waals surface area contributed by atoms with Crippen LogP contribution < -0.4 is 63.0 Å². The van der Waals surface area contributed by atoms with Gasteiger partial charge in [-0.15, -0.1) is 0 Å². The Balaban J connectivity index is 1.25. The molecule has 0 aliphatic carbocycles. The first-order valence-corrected chi connectivity index (χ1v) is 21.4. The predicted molar refractivity (Wildman–Crippen MR) is 229 cm³/mol. The zero-order chi connectivity index (χ0) is 35.6. The Morgan fingerprint density at radius 3 is 1.44 bits per heavy atom. The van der Waals surface area contributed by atoms with Crippen LogP contribution in [0.1, 0.15) is 0 Å². The molecule has 0 saturated heterocycles. The fraction of sp³-hybridized carbons (Fsp3) is 0. The van der Waals surface area contributed by atoms with Gasteiger partial charge in [0.15, 0.2) is 8.07 Å². The van der Waals surface area contributed by atoms with Gasteiger partial charge in [-0.25, -0.2) is 0 Å². The van der Waals surface area contributed by atoms with Crippen molar-refractivity contribution in [3.05, 3.63) is 194 Å². The second-order valence-corrected chi connectivity index (χ2v) is 19.1. The predicted octanol–water partition coefficient (Wildman–Crippen LogP) is 4.77. The quantitative estimate of drug-likeness (QED) is 0.189. The van der Waals surface area contributed by atoms with E-state index >= 15 is 0 Å². The van der Waals surface area contributed by atoms with E-state index in [2.05, 4.69) is 194 Å². The van der Waals surface area contributed by atoms with Crippen molar-refractivity contribution in [3.63, 3.8) is 0 Å². The molecule has 0 N–H and O–H groups in total. The van der Waals surface area contributed by atoms with E-state index in [4.69, 9.17) is 9.47 Å². The van der Waals surface area contributed by atoms with Gasteiger partial charge < -0.3 is 9.47 Å². The molecule has 8 aromatic rings. The summed E-state index contributed by atoms with van der Waals surface area (Å²) in [5.41, 5.74) is 7.28. The van der Waals surface area contributed by atoms with Crippen molar-refractivity contribution in [1.82, 2.24) is 0 Å². The molecule has 3 aliphatic heterocycles. The second-order valence-electron chi connectivity index (χ2n) is 14.3. The molecule has 3 heterocycles. The van der Waals surface area contributed by atoms with Gasteiger partial charge in [-0.3, -0.25) is 0 Å². The van der Waals surface area contributed by atoms with E-state index in [0.717, 1.165) is 28.5 Å². The van der Waals surface area contributed by atoms with Crippen molar-refractivity contribution < 1.29 is 9.47 Å². The highest BCUT2D eigenvalue weighted by atomic mass is 32.2. The molecule has 0 atom stereocenters. The van der Waals surface area contributed by atoms with Crippen LogP contribution in [0.2, 0.25) is 0 Å². The Morgan fingerprint density at radius 2 is 0.833 bits per heavy atom. The summed E-state index contributed by atoms with van der Waals surface area (Å²) in [5.74, 6) is 3.62. The topological polar surface area (TPSA) is 18.5 Å². The summed E-state index contributed by atoms with van der Waals surface area (Å²) in [5, 5.41) is 5.45. The molecule has 0 spiro atoms. The highest BCUT2D eigenvalue weighted by Gasteiger charge is 2.48. The van der Waals surface area contributed by atoms with Crippen LogP contribution in [0.25, 0.3) is 0 Å². The highest BCUT2D eigenvalue weighted by Crippen LogP contribution is 2.40. The van der Waals surface area contributed by atoms with E-state index in [1.165, 1.54) is 57.9 Å². The number of rotatable bonds is 5. The molecule has 54 heavy (non-hydrogen) atoms. The van der Waals surface area contributed by atoms with Gasteiger partial charge in [0.2, 0.25) is 6.71 Å². The monoisotopic (exact) mass is 722 g/mol. The molecular formula is C48H32B2O2SSi. The lowest BCUT2D eigenvalue weighted by atomic mass is 9.32. The molecule has 0 fully saturated rings. The molecule has 0 bridgehead atoms. The Morgan fingerprint density at radius 1 is 0.370 bits per heavy atom. The van der Waals surface area contributed by atoms with Gasteiger partial charge in [0.05, 0.1) is 0 Å². The number of ether oxygens (including phenoxy) is 2. The van der Waals surface area contributed by atoms with Crippen molar-refractivity contribution in [1.29, 1.82) is 0 Å². The van der Waals surface area contributed by atoms with Gasteiger partial charge in [-0.2, -0.15) is 0 Å². The number of benzene rings is 8. The number of hydrogen-bond acceptors (Lipinski definition) is 3. The molecule has 11 rings (SSSR count). The Hall–Kier alpha value is -5.94. The Bertz CT molecular complexity index is 2620. The number of fused-ring (bicyclic) bond motifs is 7. The van der Waals surface area contributed by atoms with Gasteiger partial charge in [0.25, 0.3) is 6.71 Å². The SMILES string of the molecule is c1ccc([Si](c2ccccc2)(c2ccccc2)c2ccccc2B2c3ccccc3Sc3cc4c5c(c32)Oc2ccccc2B5c2ccccc2O4)cc1. The van der Waals surface area contributed by atoms with Crippen LogP contribution in [0, 0.1) is 0 Å². The average Bonchev–Trinajstić information content (AvgIpc) is 3.24. The van der Waals surface area contributed by atoms with Crippen molar-refractivity contribution in [2.24, 2.45) is 0 Å². The van der Waals surface area contributed by atoms with E-state index in [-0.39, 0.29) is 13.4 Å². The Labute approximate surface area is 321 Å². The van der Waals surface area contributed by atoms with Crippen LogP contribution in [-0.4, -0.2) is 21.5 Å². The van der Waals surface area contributed by atoms with Gasteiger partial charge in [0.1, 0.15) is 23.0 Å². The molecule has 0 radical (unpaired) electrons. The van der Waals surface area contributed by atoms with Crippen molar-refractivity contribution >= 4 is 86.8 Å². The van der Waals surface area contributed by atoms with Crippen LogP contribution in [0.4, 0.5) is 0 Å². The lowest BCUT2D eigenvalue weighted by Crippen LogP contribution is -2.79. The summed E-state index contributed by atoms with van der Waals surface area (Å²) in [6.45, 7) is -0.0975. The van der Waals surface area contributed by atoms with E-state index in [1.54, 1.807) is 0 Å². The first-order valence-electron chi connectivity index (χ1n) is 18.6. The first-order chi connectivity index (χ1) is 26.8. The molecule has 0 saturated carbocycles. The molecular weight excluding hydrogens is 690 g/mol. The maximum absolute atomic E-state index is 7.20. The smallest absolute Gasteiger partial charge is 0.260 e. The minimum absolute atomic E-state index is 0.000291. The van der Waals surface area contributed by atoms with Crippen LogP contribution in [0.5, 0.6) is 23.0 Å². The van der Waals surface area contributed by atoms with E-state index in [0.29, 0.717) is 0 Å². The third-order valence-electron chi connectivity index (χ3n) is 11.5. The summed E-state index contributed by atoms with van der Waals surface area (Å²) in [7, 11) is -2.90. The molecule has 2 nitrogen and oxygen atoms in total. The van der Waals surface area contributed by atoms with E-state index in [9.17, 15) is 0 Å². The zero-order valence-corrected chi connectivity index (χ0v) is 31.2. The maximum atomic E-state index is 7.20. The highest BCUT2D eigenvalue weighted by molar-refractivity contribution is 8.00. The summed E-state index contributed by atoms with van der Waals surface area (Å²) in [6, 6.07) is 71.3. The third-order valence-corrected chi connectivity index (χ3v) is 17.5. The summed E-state index contributed by atoms with van der Waals surface area (Å²) >= 11 is 1.83. The van der Waals surface area contributed by atoms with Crippen LogP contribution >= 0.6 is 11.8 Å². The minimum atomic E-state index is -2.90. The molecule has 0 aromatic heterocycles. The van der Waals surface area contributed by atoms with Crippen LogP contribution in [-0.2, 0) is 0 Å². The van der Waals surface area contributed by atoms with Gasteiger partial charge >= 0.3 is 0 Å². The largest absolute Gasteiger partial charge is 0.459 e. The van der Waals surface area contributed by atoms with Crippen LogP contribution in [0.3, 0.4) is 0 Å². The fourth-order valence-corrected chi connectivity index (χ4v) is 15.5. The molecule has 3 aliphatic rings. The molecule has 6 heteroatoms. The lowest BCUT2D eigenvalue weighted by Gasteiger charge is -2.40. The van der Waals surface area contributed by atoms with E-state index in [1.807, 2.05) is 11.8 Å². The molecule has 8 aromatic carbocycles. The second kappa shape index (κ2) is 12.6. The zero-order valence-electron chi connectivity index (χ0n) is 29.4. The molecule has 0 unspecified atom stereocenters. The summed E-state index contributed by atoms with van der Waals surface area (Å²) < 4.78 is 14.0. The van der Waals surface area contributed by atoms with Gasteiger partial charge in [-0.1, -0.05) is 193 Å². The standard InChI is InChI=1S/C48H32B2O2SSi/c1-4-18-33(19-5-1)54(34-20-6-2-7-21-34,35-22-8-3-9-23-35)45-31-17-13-27-39(45)50-38-26-12-16-30-43(38)53-44-32-42-46-48(47(44)50)52-41-29-15-11-25-37(41)49(46)36-24-10-14-28-40(36)51-42/h1-32H. The average molecular weight is 723 g/mol. The lowest BCUT2D eigenvalue weighted by molar-refractivity contribution is 0.465. The fourth-order valence-electron chi connectivity index (χ4n) is 9.33. The summed E-state index contributed by atoms with van der Waals surface area (Å²) in [6.07, 6.45) is 0. The van der Waals surface area contributed by atoms with Crippen LogP contribution in [0.15, 0.2) is 204 Å². The number of hydrogen-bond donors (Lipinski definition) is 0. The van der Waals surface area contributed by atoms with Crippen molar-refractivity contribution in [2.75, 3.05) is 0 Å².